The number of anilines is 1. The molecule has 0 amide bonds. The summed E-state index contributed by atoms with van der Waals surface area (Å²) in [6.07, 6.45) is -1.91. The Kier molecular flexibility index (Phi) is 7.25. The molecule has 0 bridgehead atoms. The second-order valence-corrected chi connectivity index (χ2v) is 8.37. The van der Waals surface area contributed by atoms with Gasteiger partial charge in [-0.1, -0.05) is 0 Å². The van der Waals surface area contributed by atoms with E-state index in [-0.39, 0.29) is 53.1 Å². The van der Waals surface area contributed by atoms with Gasteiger partial charge in [0.25, 0.3) is 5.56 Å². The first-order chi connectivity index (χ1) is 12.5. The van der Waals surface area contributed by atoms with Crippen LogP contribution in [0.1, 0.15) is 12.6 Å². The largest absolute Gasteiger partial charge is 0.481 e. The molecule has 0 saturated carbocycles. The average molecular weight is 450 g/mol. The molecule has 4 atom stereocenters. The molecule has 18 heteroatoms. The van der Waals surface area contributed by atoms with E-state index < -0.39 is 46.2 Å². The number of aromatic amines is 1. The number of nitrogens with zero attached hydrogens (tertiary/aromatic N) is 3. The first-order valence-electron chi connectivity index (χ1n) is 7.25. The van der Waals surface area contributed by atoms with Crippen molar-refractivity contribution < 1.29 is 42.5 Å². The van der Waals surface area contributed by atoms with Gasteiger partial charge in [-0.15, -0.1) is 0 Å². The van der Waals surface area contributed by atoms with Crippen molar-refractivity contribution >= 4 is 62.3 Å². The summed E-state index contributed by atoms with van der Waals surface area (Å²) in [6.45, 7) is -0.700. The third-order valence-corrected chi connectivity index (χ3v) is 5.73. The molecule has 1 radical (unpaired) electrons. The van der Waals surface area contributed by atoms with Crippen LogP contribution in [0.15, 0.2) is 11.1 Å². The van der Waals surface area contributed by atoms with Gasteiger partial charge in [0.2, 0.25) is 5.95 Å². The van der Waals surface area contributed by atoms with Gasteiger partial charge in [0.15, 0.2) is 11.2 Å². The van der Waals surface area contributed by atoms with Crippen molar-refractivity contribution in [2.45, 2.75) is 24.9 Å². The normalized spacial score (nSPS) is 24.8. The molecule has 1 aliphatic rings. The van der Waals surface area contributed by atoms with E-state index in [2.05, 4.69) is 23.8 Å². The van der Waals surface area contributed by atoms with Gasteiger partial charge in [0, 0.05) is 36.0 Å². The van der Waals surface area contributed by atoms with Gasteiger partial charge in [-0.3, -0.25) is 18.9 Å². The van der Waals surface area contributed by atoms with Gasteiger partial charge in [-0.25, -0.2) is 14.1 Å². The van der Waals surface area contributed by atoms with Crippen LogP contribution in [0.5, 0.6) is 0 Å². The number of rotatable bonds is 6. The molecule has 28 heavy (non-hydrogen) atoms. The number of nitrogens with two attached hydrogens (primary N) is 1. The van der Waals surface area contributed by atoms with Gasteiger partial charge < -0.3 is 30.3 Å². The SMILES string of the molecule is Nc1nc2c(ncn2C2CC(O)C(COP(=O)(O)OP(=O)(O)O)O2)c(=O)[nH]1.[Na]. The van der Waals surface area contributed by atoms with Crippen molar-refractivity contribution in [2.75, 3.05) is 12.3 Å². The quantitative estimate of drug-likeness (QED) is 0.211. The Hall–Kier alpha value is -0.670. The van der Waals surface area contributed by atoms with Crippen LogP contribution < -0.4 is 11.3 Å². The zero-order valence-electron chi connectivity index (χ0n) is 14.3. The number of hydrogen-bond acceptors (Lipinski definition) is 10. The summed E-state index contributed by atoms with van der Waals surface area (Å²) in [5, 5.41) is 10.1. The van der Waals surface area contributed by atoms with Crippen molar-refractivity contribution in [1.82, 2.24) is 19.5 Å². The summed E-state index contributed by atoms with van der Waals surface area (Å²) in [6, 6.07) is 0. The first-order valence-corrected chi connectivity index (χ1v) is 10.3. The van der Waals surface area contributed by atoms with E-state index >= 15 is 0 Å². The number of nitrogen functional groups attached to an aromatic ring is 1. The van der Waals surface area contributed by atoms with Gasteiger partial charge >= 0.3 is 15.6 Å². The smallest absolute Gasteiger partial charge is 0.390 e. The van der Waals surface area contributed by atoms with Gasteiger partial charge in [0.05, 0.1) is 19.0 Å². The summed E-state index contributed by atoms with van der Waals surface area (Å²) in [7, 11) is -10.3. The fourth-order valence-corrected chi connectivity index (χ4v) is 4.11. The van der Waals surface area contributed by atoms with Crippen molar-refractivity contribution in [1.29, 1.82) is 0 Å². The molecule has 7 N–H and O–H groups in total. The average Bonchev–Trinajstić information content (AvgIpc) is 3.06. The maximum atomic E-state index is 11.8. The van der Waals surface area contributed by atoms with E-state index in [1.807, 2.05) is 0 Å². The molecular weight excluding hydrogens is 435 g/mol. The number of nitrogens with one attached hydrogen (secondary N) is 1. The second-order valence-electron chi connectivity index (χ2n) is 5.54. The number of aliphatic hydroxyl groups is 1. The molecule has 1 saturated heterocycles. The van der Waals surface area contributed by atoms with Crippen LogP contribution >= 0.6 is 15.6 Å². The maximum Gasteiger partial charge on any atom is 0.481 e. The Morgan fingerprint density at radius 2 is 2.07 bits per heavy atom. The molecule has 4 unspecified atom stereocenters. The fourth-order valence-electron chi connectivity index (χ4n) is 2.52. The van der Waals surface area contributed by atoms with Crippen molar-refractivity contribution in [3.8, 4) is 0 Å². The van der Waals surface area contributed by atoms with E-state index in [1.54, 1.807) is 0 Å². The van der Waals surface area contributed by atoms with E-state index in [1.165, 1.54) is 10.9 Å². The minimum atomic E-state index is -5.26. The molecule has 1 aliphatic heterocycles. The number of ether oxygens (including phenoxy) is 1. The molecule has 1 fully saturated rings. The Morgan fingerprint density at radius 3 is 2.71 bits per heavy atom. The van der Waals surface area contributed by atoms with Crippen LogP contribution in [0.4, 0.5) is 5.95 Å². The summed E-state index contributed by atoms with van der Waals surface area (Å²) in [5.41, 5.74) is 5.03. The Bertz CT molecular complexity index is 1010. The number of aliphatic hydroxyl groups excluding tert-OH is 1. The summed E-state index contributed by atoms with van der Waals surface area (Å²) in [5.74, 6) is -0.150. The van der Waals surface area contributed by atoms with Crippen LogP contribution in [0.3, 0.4) is 0 Å². The van der Waals surface area contributed by atoms with E-state index in [0.717, 1.165) is 0 Å². The maximum absolute atomic E-state index is 11.8. The van der Waals surface area contributed by atoms with Gasteiger partial charge in [-0.05, 0) is 0 Å². The van der Waals surface area contributed by atoms with E-state index in [4.69, 9.17) is 20.3 Å². The molecule has 2 aromatic heterocycles. The molecule has 3 heterocycles. The standard InChI is InChI=1S/C10H15N5O10P2.Na/c11-10-13-8-7(9(17)14-10)12-3-15(8)6-1-4(16)5(24-6)2-23-27(21,22)25-26(18,19)20;/h3-6,16H,1-2H2,(H,21,22)(H2,18,19,20)(H3,11,13,14,17);. The molecular formula is C10H15N5NaO10P2. The molecule has 151 valence electrons. The molecule has 2 aromatic rings. The van der Waals surface area contributed by atoms with Crippen molar-refractivity contribution in [3.05, 3.63) is 16.7 Å². The van der Waals surface area contributed by atoms with Crippen LogP contribution in [0, 0.1) is 0 Å². The Balaban J connectivity index is 0.00000280. The summed E-state index contributed by atoms with van der Waals surface area (Å²) in [4.78, 5) is 48.3. The topological polar surface area (TPSA) is 232 Å². The number of fused-ring (bicyclic) bond motifs is 1. The number of aromatic nitrogens is 4. The zero-order valence-corrected chi connectivity index (χ0v) is 18.1. The van der Waals surface area contributed by atoms with E-state index in [9.17, 15) is 23.9 Å². The first kappa shape index (κ1) is 23.6. The predicted molar refractivity (Wildman–Crippen MR) is 91.8 cm³/mol. The second kappa shape index (κ2) is 8.60. The fraction of sp³-hybridized carbons (Fsp3) is 0.500. The summed E-state index contributed by atoms with van der Waals surface area (Å²) < 4.78 is 37.0. The van der Waals surface area contributed by atoms with Crippen molar-refractivity contribution in [2.24, 2.45) is 0 Å². The van der Waals surface area contributed by atoms with Crippen LogP contribution in [0.2, 0.25) is 0 Å². The van der Waals surface area contributed by atoms with Gasteiger partial charge in [-0.2, -0.15) is 9.29 Å². The predicted octanol–water partition coefficient (Wildman–Crippen LogP) is -1.80. The van der Waals surface area contributed by atoms with Crippen molar-refractivity contribution in [3.63, 3.8) is 0 Å². The number of imidazole rings is 1. The number of phosphoric ester groups is 1. The Morgan fingerprint density at radius 1 is 1.39 bits per heavy atom. The van der Waals surface area contributed by atoms with Crippen LogP contribution in [0.25, 0.3) is 11.2 Å². The monoisotopic (exact) mass is 450 g/mol. The number of hydrogen-bond donors (Lipinski definition) is 6. The minimum absolute atomic E-state index is 0. The molecule has 15 nitrogen and oxygen atoms in total. The molecule has 0 spiro atoms. The molecule has 0 aromatic carbocycles. The Labute approximate surface area is 178 Å². The van der Waals surface area contributed by atoms with Crippen LogP contribution in [-0.4, -0.2) is 87.7 Å². The number of phosphoric acid groups is 2. The summed E-state index contributed by atoms with van der Waals surface area (Å²) >= 11 is 0. The third-order valence-electron chi connectivity index (χ3n) is 3.58. The zero-order chi connectivity index (χ0) is 20.0. The molecule has 3 rings (SSSR count). The minimum Gasteiger partial charge on any atom is -0.390 e. The third kappa shape index (κ3) is 5.48. The van der Waals surface area contributed by atoms with Crippen LogP contribution in [-0.2, 0) is 22.7 Å². The molecule has 0 aliphatic carbocycles. The van der Waals surface area contributed by atoms with E-state index in [0.29, 0.717) is 0 Å². The number of H-pyrrole nitrogens is 1. The van der Waals surface area contributed by atoms with Gasteiger partial charge in [0.1, 0.15) is 12.3 Å².